The summed E-state index contributed by atoms with van der Waals surface area (Å²) >= 11 is 0. The minimum atomic E-state index is 0.0372. The molecule has 0 spiro atoms. The average Bonchev–Trinajstić information content (AvgIpc) is 3.17. The van der Waals surface area contributed by atoms with E-state index in [-0.39, 0.29) is 11.4 Å². The van der Waals surface area contributed by atoms with Crippen LogP contribution in [0.4, 0.5) is 4.79 Å². The molecule has 6 heteroatoms. The zero-order valence-electron chi connectivity index (χ0n) is 18.7. The highest BCUT2D eigenvalue weighted by Crippen LogP contribution is 2.31. The molecule has 2 aliphatic rings. The first-order chi connectivity index (χ1) is 13.8. The second-order valence-corrected chi connectivity index (χ2v) is 8.86. The zero-order chi connectivity index (χ0) is 21.0. The molecular formula is C23H36N4O2. The van der Waals surface area contributed by atoms with Crippen LogP contribution in [0, 0.1) is 0 Å². The molecular weight excluding hydrogens is 364 g/mol. The van der Waals surface area contributed by atoms with Crippen LogP contribution in [-0.4, -0.2) is 79.0 Å². The Morgan fingerprint density at radius 3 is 2.45 bits per heavy atom. The van der Waals surface area contributed by atoms with Crippen LogP contribution in [0.5, 0.6) is 5.75 Å². The molecule has 0 bridgehead atoms. The van der Waals surface area contributed by atoms with Gasteiger partial charge >= 0.3 is 6.03 Å². The summed E-state index contributed by atoms with van der Waals surface area (Å²) in [5.41, 5.74) is 2.17. The van der Waals surface area contributed by atoms with Gasteiger partial charge in [0.1, 0.15) is 11.6 Å². The third-order valence-corrected chi connectivity index (χ3v) is 5.64. The number of ether oxygens (including phenoxy) is 1. The first kappa shape index (κ1) is 21.6. The van der Waals surface area contributed by atoms with Gasteiger partial charge in [0.2, 0.25) is 0 Å². The Balaban J connectivity index is 1.79. The molecule has 0 aliphatic carbocycles. The van der Waals surface area contributed by atoms with Crippen molar-refractivity contribution in [1.29, 1.82) is 0 Å². The zero-order valence-corrected chi connectivity index (χ0v) is 18.7. The molecule has 3 rings (SSSR count). The van der Waals surface area contributed by atoms with Gasteiger partial charge in [-0.05, 0) is 43.0 Å². The van der Waals surface area contributed by atoms with Crippen molar-refractivity contribution >= 4 is 11.9 Å². The van der Waals surface area contributed by atoms with Crippen molar-refractivity contribution in [3.05, 3.63) is 29.3 Å². The lowest BCUT2D eigenvalue weighted by Gasteiger charge is -2.36. The summed E-state index contributed by atoms with van der Waals surface area (Å²) in [6, 6.07) is 6.37. The molecule has 0 saturated carbocycles. The highest BCUT2D eigenvalue weighted by atomic mass is 16.5. The lowest BCUT2D eigenvalue weighted by Crippen LogP contribution is -2.53. The summed E-state index contributed by atoms with van der Waals surface area (Å²) in [5, 5.41) is 0. The first-order valence-corrected chi connectivity index (χ1v) is 11.0. The van der Waals surface area contributed by atoms with E-state index in [0.29, 0.717) is 19.7 Å². The van der Waals surface area contributed by atoms with E-state index >= 15 is 0 Å². The van der Waals surface area contributed by atoms with Gasteiger partial charge in [0.25, 0.3) is 0 Å². The number of aliphatic imine (C=N–C) groups is 1. The summed E-state index contributed by atoms with van der Waals surface area (Å²) in [6.07, 6.45) is 1.15. The fourth-order valence-electron chi connectivity index (χ4n) is 3.96. The average molecular weight is 401 g/mol. The maximum atomic E-state index is 13.3. The largest absolute Gasteiger partial charge is 0.493 e. The van der Waals surface area contributed by atoms with Crippen molar-refractivity contribution in [2.24, 2.45) is 4.99 Å². The molecule has 2 heterocycles. The van der Waals surface area contributed by atoms with Gasteiger partial charge in [-0.3, -0.25) is 14.8 Å². The Kier molecular flexibility index (Phi) is 6.83. The van der Waals surface area contributed by atoms with Crippen molar-refractivity contribution in [2.45, 2.75) is 46.5 Å². The fourth-order valence-corrected chi connectivity index (χ4v) is 3.96. The number of rotatable bonds is 5. The van der Waals surface area contributed by atoms with Gasteiger partial charge in [0, 0.05) is 32.7 Å². The summed E-state index contributed by atoms with van der Waals surface area (Å²) in [4.78, 5) is 24.2. The Morgan fingerprint density at radius 2 is 1.83 bits per heavy atom. The fraction of sp³-hybridized carbons (Fsp3) is 0.652. The smallest absolute Gasteiger partial charge is 0.325 e. The highest BCUT2D eigenvalue weighted by molar-refractivity contribution is 6.10. The van der Waals surface area contributed by atoms with Crippen LogP contribution in [0.1, 0.15) is 52.2 Å². The first-order valence-electron chi connectivity index (χ1n) is 11.0. The number of benzene rings is 1. The van der Waals surface area contributed by atoms with Gasteiger partial charge in [0.05, 0.1) is 18.7 Å². The molecule has 1 aromatic rings. The van der Waals surface area contributed by atoms with Gasteiger partial charge in [-0.1, -0.05) is 33.8 Å². The van der Waals surface area contributed by atoms with Gasteiger partial charge in [-0.2, -0.15) is 0 Å². The van der Waals surface area contributed by atoms with Crippen LogP contribution >= 0.6 is 0 Å². The quantitative estimate of drug-likeness (QED) is 0.759. The standard InChI is InChI=1S/C23H36N4O2/c1-6-11-25-13-15-26(16-14-25)22(28)27-12-10-24-21(27)19-9-8-18(23(3,4)5)17-20(19)29-7-2/h8-9,17H,6-7,10-16H2,1-5H3. The summed E-state index contributed by atoms with van der Waals surface area (Å²) in [5.74, 6) is 1.56. The summed E-state index contributed by atoms with van der Waals surface area (Å²) in [6.45, 7) is 17.2. The SMILES string of the molecule is CCCN1CCN(C(=O)N2CCN=C2c2ccc(C(C)(C)C)cc2OCC)CC1. The molecule has 6 nitrogen and oxygen atoms in total. The van der Waals surface area contributed by atoms with Crippen LogP contribution < -0.4 is 4.74 Å². The van der Waals surface area contributed by atoms with Gasteiger partial charge in [-0.25, -0.2) is 4.79 Å². The molecule has 29 heavy (non-hydrogen) atoms. The molecule has 1 aromatic carbocycles. The van der Waals surface area contributed by atoms with Gasteiger partial charge in [-0.15, -0.1) is 0 Å². The monoisotopic (exact) mass is 400 g/mol. The van der Waals surface area contributed by atoms with Crippen LogP contribution in [0.3, 0.4) is 0 Å². The van der Waals surface area contributed by atoms with E-state index in [9.17, 15) is 4.79 Å². The van der Waals surface area contributed by atoms with Gasteiger partial charge in [0.15, 0.2) is 0 Å². The van der Waals surface area contributed by atoms with E-state index in [1.807, 2.05) is 16.7 Å². The maximum Gasteiger partial charge on any atom is 0.325 e. The predicted octanol–water partition coefficient (Wildman–Crippen LogP) is 3.59. The number of carbonyl (C=O) groups is 1. The van der Waals surface area contributed by atoms with Crippen LogP contribution in [-0.2, 0) is 5.41 Å². The normalized spacial score (nSPS) is 18.2. The van der Waals surface area contributed by atoms with Crippen molar-refractivity contribution in [3.63, 3.8) is 0 Å². The molecule has 0 unspecified atom stereocenters. The molecule has 2 amide bonds. The summed E-state index contributed by atoms with van der Waals surface area (Å²) in [7, 11) is 0. The summed E-state index contributed by atoms with van der Waals surface area (Å²) < 4.78 is 5.96. The van der Waals surface area contributed by atoms with E-state index in [2.05, 4.69) is 55.8 Å². The lowest BCUT2D eigenvalue weighted by atomic mass is 9.86. The molecule has 0 N–H and O–H groups in total. The minimum absolute atomic E-state index is 0.0372. The number of amides is 2. The van der Waals surface area contributed by atoms with Crippen molar-refractivity contribution in [3.8, 4) is 5.75 Å². The number of amidine groups is 1. The molecule has 160 valence electrons. The van der Waals surface area contributed by atoms with E-state index in [0.717, 1.165) is 56.3 Å². The van der Waals surface area contributed by atoms with Crippen LogP contribution in [0.25, 0.3) is 0 Å². The van der Waals surface area contributed by atoms with Crippen molar-refractivity contribution in [2.75, 3.05) is 52.4 Å². The number of nitrogens with zero attached hydrogens (tertiary/aromatic N) is 4. The highest BCUT2D eigenvalue weighted by Gasteiger charge is 2.32. The third kappa shape index (κ3) is 4.92. The van der Waals surface area contributed by atoms with Crippen molar-refractivity contribution < 1.29 is 9.53 Å². The molecule has 1 fully saturated rings. The van der Waals surface area contributed by atoms with E-state index in [4.69, 9.17) is 4.74 Å². The Labute approximate surface area is 175 Å². The third-order valence-electron chi connectivity index (χ3n) is 5.64. The molecule has 0 aromatic heterocycles. The van der Waals surface area contributed by atoms with Crippen LogP contribution in [0.2, 0.25) is 0 Å². The van der Waals surface area contributed by atoms with Gasteiger partial charge < -0.3 is 9.64 Å². The van der Waals surface area contributed by atoms with E-state index in [1.165, 1.54) is 5.56 Å². The number of carbonyl (C=O) groups excluding carboxylic acids is 1. The number of urea groups is 1. The maximum absolute atomic E-state index is 13.3. The second kappa shape index (κ2) is 9.16. The minimum Gasteiger partial charge on any atom is -0.493 e. The van der Waals surface area contributed by atoms with E-state index < -0.39 is 0 Å². The Morgan fingerprint density at radius 1 is 1.10 bits per heavy atom. The second-order valence-electron chi connectivity index (χ2n) is 8.86. The molecule has 2 aliphatic heterocycles. The topological polar surface area (TPSA) is 48.4 Å². The predicted molar refractivity (Wildman–Crippen MR) is 118 cm³/mol. The molecule has 0 atom stereocenters. The number of hydrogen-bond acceptors (Lipinski definition) is 4. The van der Waals surface area contributed by atoms with Crippen LogP contribution in [0.15, 0.2) is 23.2 Å². The molecule has 1 saturated heterocycles. The number of piperazine rings is 1. The number of hydrogen-bond donors (Lipinski definition) is 0. The Bertz CT molecular complexity index is 746. The molecule has 0 radical (unpaired) electrons. The Hall–Kier alpha value is -2.08. The van der Waals surface area contributed by atoms with Crippen molar-refractivity contribution in [1.82, 2.24) is 14.7 Å². The van der Waals surface area contributed by atoms with E-state index in [1.54, 1.807) is 0 Å². The lowest BCUT2D eigenvalue weighted by molar-refractivity contribution is 0.127.